The van der Waals surface area contributed by atoms with Crippen LogP contribution in [0.15, 0.2) is 18.2 Å². The van der Waals surface area contributed by atoms with Gasteiger partial charge in [-0.3, -0.25) is 4.79 Å². The first-order valence-electron chi connectivity index (χ1n) is 6.63. The highest BCUT2D eigenvalue weighted by atomic mass is 35.5. The quantitative estimate of drug-likeness (QED) is 0.928. The molecule has 0 atom stereocenters. The zero-order valence-corrected chi connectivity index (χ0v) is 12.9. The second-order valence-corrected chi connectivity index (χ2v) is 5.65. The predicted octanol–water partition coefficient (Wildman–Crippen LogP) is 2.58. The van der Waals surface area contributed by atoms with Crippen molar-refractivity contribution in [3.63, 3.8) is 0 Å². The number of carbonyl (C=O) groups is 1. The van der Waals surface area contributed by atoms with Crippen LogP contribution in [0.1, 0.15) is 12.8 Å². The van der Waals surface area contributed by atoms with Crippen molar-refractivity contribution in [3.05, 3.63) is 28.2 Å². The van der Waals surface area contributed by atoms with Gasteiger partial charge < -0.3 is 15.0 Å². The molecule has 1 aliphatic rings. The minimum atomic E-state index is -0.00873. The molecular formula is C14H18Cl2N2O2. The summed E-state index contributed by atoms with van der Waals surface area (Å²) in [6, 6.07) is 5.46. The number of hydrogen-bond acceptors (Lipinski definition) is 3. The molecule has 0 spiro atoms. The lowest BCUT2D eigenvalue weighted by molar-refractivity contribution is -0.134. The number of ether oxygens (including phenoxy) is 1. The van der Waals surface area contributed by atoms with E-state index < -0.39 is 0 Å². The van der Waals surface area contributed by atoms with E-state index in [1.54, 1.807) is 18.2 Å². The molecule has 2 rings (SSSR count). The fraction of sp³-hybridized carbons (Fsp3) is 0.500. The van der Waals surface area contributed by atoms with E-state index in [0.29, 0.717) is 21.8 Å². The van der Waals surface area contributed by atoms with E-state index in [0.717, 1.165) is 25.9 Å². The molecule has 0 radical (unpaired) electrons. The summed E-state index contributed by atoms with van der Waals surface area (Å²) in [5.74, 6) is 0.472. The number of amides is 1. The van der Waals surface area contributed by atoms with Crippen LogP contribution in [0.4, 0.5) is 0 Å². The molecule has 1 N–H and O–H groups in total. The first kappa shape index (κ1) is 15.4. The SMILES string of the molecule is CNC1CCN(C(=O)COc2ccc(Cl)cc2Cl)CC1. The van der Waals surface area contributed by atoms with E-state index in [1.807, 2.05) is 11.9 Å². The van der Waals surface area contributed by atoms with E-state index in [2.05, 4.69) is 5.32 Å². The molecule has 4 nitrogen and oxygen atoms in total. The van der Waals surface area contributed by atoms with Crippen LogP contribution in [0.5, 0.6) is 5.75 Å². The van der Waals surface area contributed by atoms with Crippen LogP contribution in [0.3, 0.4) is 0 Å². The van der Waals surface area contributed by atoms with Crippen molar-refractivity contribution in [1.29, 1.82) is 0 Å². The average molecular weight is 317 g/mol. The Morgan fingerprint density at radius 3 is 2.70 bits per heavy atom. The second-order valence-electron chi connectivity index (χ2n) is 4.81. The highest BCUT2D eigenvalue weighted by molar-refractivity contribution is 6.35. The standard InChI is InChI=1S/C14H18Cl2N2O2/c1-17-11-4-6-18(7-5-11)14(19)9-20-13-3-2-10(15)8-12(13)16/h2-3,8,11,17H,4-7,9H2,1H3. The van der Waals surface area contributed by atoms with Crippen LogP contribution < -0.4 is 10.1 Å². The molecule has 1 saturated heterocycles. The summed E-state index contributed by atoms with van der Waals surface area (Å²) in [6.45, 7) is 1.54. The van der Waals surface area contributed by atoms with Crippen molar-refractivity contribution in [3.8, 4) is 5.75 Å². The number of carbonyl (C=O) groups excluding carboxylic acids is 1. The van der Waals surface area contributed by atoms with Crippen molar-refractivity contribution in [2.24, 2.45) is 0 Å². The van der Waals surface area contributed by atoms with Crippen LogP contribution >= 0.6 is 23.2 Å². The van der Waals surface area contributed by atoms with E-state index in [-0.39, 0.29) is 12.5 Å². The van der Waals surface area contributed by atoms with Crippen molar-refractivity contribution in [2.45, 2.75) is 18.9 Å². The molecule has 1 heterocycles. The Labute approximate surface area is 129 Å². The lowest BCUT2D eigenvalue weighted by atomic mass is 10.1. The molecule has 0 unspecified atom stereocenters. The maximum atomic E-state index is 12.1. The fourth-order valence-electron chi connectivity index (χ4n) is 2.24. The van der Waals surface area contributed by atoms with E-state index in [4.69, 9.17) is 27.9 Å². The van der Waals surface area contributed by atoms with Gasteiger partial charge in [0, 0.05) is 24.2 Å². The smallest absolute Gasteiger partial charge is 0.260 e. The molecule has 6 heteroatoms. The molecule has 1 aromatic rings. The topological polar surface area (TPSA) is 41.6 Å². The molecule has 0 saturated carbocycles. The summed E-state index contributed by atoms with van der Waals surface area (Å²) < 4.78 is 5.46. The molecule has 20 heavy (non-hydrogen) atoms. The van der Waals surface area contributed by atoms with Crippen molar-refractivity contribution in [1.82, 2.24) is 10.2 Å². The third-order valence-corrected chi connectivity index (χ3v) is 4.03. The Bertz CT molecular complexity index is 474. The van der Waals surface area contributed by atoms with Gasteiger partial charge in [0.1, 0.15) is 5.75 Å². The minimum absolute atomic E-state index is 0.00553. The van der Waals surface area contributed by atoms with Crippen LogP contribution in [-0.2, 0) is 4.79 Å². The van der Waals surface area contributed by atoms with E-state index in [9.17, 15) is 4.79 Å². The lowest BCUT2D eigenvalue weighted by Crippen LogP contribution is -2.45. The number of nitrogens with zero attached hydrogens (tertiary/aromatic N) is 1. The van der Waals surface area contributed by atoms with Gasteiger partial charge in [-0.15, -0.1) is 0 Å². The lowest BCUT2D eigenvalue weighted by Gasteiger charge is -2.31. The van der Waals surface area contributed by atoms with Crippen molar-refractivity contribution >= 4 is 29.1 Å². The normalized spacial score (nSPS) is 16.2. The van der Waals surface area contributed by atoms with Crippen molar-refractivity contribution < 1.29 is 9.53 Å². The maximum Gasteiger partial charge on any atom is 0.260 e. The summed E-state index contributed by atoms with van der Waals surface area (Å²) in [4.78, 5) is 13.9. The van der Waals surface area contributed by atoms with Gasteiger partial charge in [-0.25, -0.2) is 0 Å². The molecule has 0 bridgehead atoms. The third kappa shape index (κ3) is 4.01. The first-order chi connectivity index (χ1) is 9.60. The number of benzene rings is 1. The summed E-state index contributed by atoms with van der Waals surface area (Å²) in [6.07, 6.45) is 1.95. The van der Waals surface area contributed by atoms with Gasteiger partial charge in [-0.05, 0) is 38.1 Å². The van der Waals surface area contributed by atoms with Crippen LogP contribution in [-0.4, -0.2) is 43.6 Å². The Balaban J connectivity index is 1.83. The zero-order chi connectivity index (χ0) is 14.5. The minimum Gasteiger partial charge on any atom is -0.482 e. The van der Waals surface area contributed by atoms with Crippen LogP contribution in [0.2, 0.25) is 10.0 Å². The monoisotopic (exact) mass is 316 g/mol. The average Bonchev–Trinajstić information content (AvgIpc) is 2.46. The third-order valence-electron chi connectivity index (χ3n) is 3.50. The summed E-state index contributed by atoms with van der Waals surface area (Å²) >= 11 is 11.8. The fourth-order valence-corrected chi connectivity index (χ4v) is 2.70. The molecular weight excluding hydrogens is 299 g/mol. The van der Waals surface area contributed by atoms with Gasteiger partial charge in [-0.1, -0.05) is 23.2 Å². The molecule has 1 aliphatic heterocycles. The maximum absolute atomic E-state index is 12.1. The Morgan fingerprint density at radius 2 is 2.10 bits per heavy atom. The van der Waals surface area contributed by atoms with Gasteiger partial charge in [0.25, 0.3) is 5.91 Å². The molecule has 110 valence electrons. The van der Waals surface area contributed by atoms with E-state index >= 15 is 0 Å². The van der Waals surface area contributed by atoms with Crippen molar-refractivity contribution in [2.75, 3.05) is 26.7 Å². The number of nitrogens with one attached hydrogen (secondary N) is 1. The van der Waals surface area contributed by atoms with Gasteiger partial charge in [0.15, 0.2) is 6.61 Å². The summed E-state index contributed by atoms with van der Waals surface area (Å²) in [5, 5.41) is 4.19. The first-order valence-corrected chi connectivity index (χ1v) is 7.38. The Hall–Kier alpha value is -0.970. The molecule has 0 aromatic heterocycles. The number of piperidine rings is 1. The summed E-state index contributed by atoms with van der Waals surface area (Å²) in [5.41, 5.74) is 0. The van der Waals surface area contributed by atoms with E-state index in [1.165, 1.54) is 0 Å². The summed E-state index contributed by atoms with van der Waals surface area (Å²) in [7, 11) is 1.95. The molecule has 1 amide bonds. The van der Waals surface area contributed by atoms with Gasteiger partial charge >= 0.3 is 0 Å². The molecule has 0 aliphatic carbocycles. The predicted molar refractivity (Wildman–Crippen MR) is 80.6 cm³/mol. The highest BCUT2D eigenvalue weighted by Crippen LogP contribution is 2.27. The van der Waals surface area contributed by atoms with Gasteiger partial charge in [0.2, 0.25) is 0 Å². The second kappa shape index (κ2) is 7.16. The molecule has 1 fully saturated rings. The Morgan fingerprint density at radius 1 is 1.40 bits per heavy atom. The molecule has 1 aromatic carbocycles. The number of halogens is 2. The van der Waals surface area contributed by atoms with Gasteiger partial charge in [0.05, 0.1) is 5.02 Å². The number of hydrogen-bond donors (Lipinski definition) is 1. The van der Waals surface area contributed by atoms with Crippen LogP contribution in [0.25, 0.3) is 0 Å². The zero-order valence-electron chi connectivity index (χ0n) is 11.4. The number of rotatable bonds is 4. The van der Waals surface area contributed by atoms with Gasteiger partial charge in [-0.2, -0.15) is 0 Å². The number of likely N-dealkylation sites (tertiary alicyclic amines) is 1. The van der Waals surface area contributed by atoms with Crippen LogP contribution in [0, 0.1) is 0 Å². The highest BCUT2D eigenvalue weighted by Gasteiger charge is 2.22. The largest absolute Gasteiger partial charge is 0.482 e. The Kier molecular flexibility index (Phi) is 5.52.